The van der Waals surface area contributed by atoms with Gasteiger partial charge in [-0.15, -0.1) is 0 Å². The van der Waals surface area contributed by atoms with Gasteiger partial charge in [0.15, 0.2) is 5.78 Å². The highest BCUT2D eigenvalue weighted by Crippen LogP contribution is 2.28. The van der Waals surface area contributed by atoms with Gasteiger partial charge >= 0.3 is 0 Å². The maximum atomic E-state index is 12.9. The third kappa shape index (κ3) is 3.59. The van der Waals surface area contributed by atoms with Crippen molar-refractivity contribution in [3.8, 4) is 0 Å². The van der Waals surface area contributed by atoms with E-state index in [0.29, 0.717) is 25.2 Å². The molecule has 1 aromatic carbocycles. The fourth-order valence-electron chi connectivity index (χ4n) is 2.04. The SMILES string of the molecule is CCOOCC1CCOC(c2ccc(F)cc2)C1=O. The minimum absolute atomic E-state index is 0.0439. The molecular weight excluding hydrogens is 251 g/mol. The van der Waals surface area contributed by atoms with Crippen molar-refractivity contribution >= 4 is 5.78 Å². The van der Waals surface area contributed by atoms with E-state index in [-0.39, 0.29) is 24.1 Å². The number of carbonyl (C=O) groups excluding carboxylic acids is 1. The molecular formula is C14H17FO4. The number of Topliss-reactive ketones (excluding diaryl/α,β-unsaturated/α-hetero) is 1. The van der Waals surface area contributed by atoms with Gasteiger partial charge in [-0.05, 0) is 31.0 Å². The molecule has 1 aromatic rings. The number of rotatable bonds is 5. The minimum atomic E-state index is -0.635. The van der Waals surface area contributed by atoms with Crippen LogP contribution in [-0.4, -0.2) is 25.6 Å². The van der Waals surface area contributed by atoms with Crippen LogP contribution in [0.15, 0.2) is 24.3 Å². The van der Waals surface area contributed by atoms with Crippen LogP contribution in [0.4, 0.5) is 4.39 Å². The molecule has 0 amide bonds. The Bertz CT molecular complexity index is 418. The third-order valence-corrected chi connectivity index (χ3v) is 3.05. The van der Waals surface area contributed by atoms with Crippen LogP contribution in [0.25, 0.3) is 0 Å². The number of hydrogen-bond acceptors (Lipinski definition) is 4. The van der Waals surface area contributed by atoms with Gasteiger partial charge in [-0.2, -0.15) is 0 Å². The van der Waals surface area contributed by atoms with Crippen molar-refractivity contribution in [3.05, 3.63) is 35.6 Å². The summed E-state index contributed by atoms with van der Waals surface area (Å²) in [4.78, 5) is 22.0. The van der Waals surface area contributed by atoms with E-state index in [4.69, 9.17) is 14.5 Å². The normalized spacial score (nSPS) is 23.6. The van der Waals surface area contributed by atoms with E-state index >= 15 is 0 Å². The van der Waals surface area contributed by atoms with Crippen molar-refractivity contribution in [3.63, 3.8) is 0 Å². The molecule has 104 valence electrons. The number of ketones is 1. The topological polar surface area (TPSA) is 44.8 Å². The van der Waals surface area contributed by atoms with Gasteiger partial charge in [0, 0.05) is 12.5 Å². The van der Waals surface area contributed by atoms with Gasteiger partial charge in [0.1, 0.15) is 11.9 Å². The Hall–Kier alpha value is -1.30. The van der Waals surface area contributed by atoms with Gasteiger partial charge in [0.05, 0.1) is 13.2 Å². The van der Waals surface area contributed by atoms with Crippen LogP contribution < -0.4 is 0 Å². The van der Waals surface area contributed by atoms with Crippen molar-refractivity contribution in [2.45, 2.75) is 19.4 Å². The fraction of sp³-hybridized carbons (Fsp3) is 0.500. The highest BCUT2D eigenvalue weighted by atomic mass is 19.1. The van der Waals surface area contributed by atoms with Gasteiger partial charge in [-0.1, -0.05) is 12.1 Å². The van der Waals surface area contributed by atoms with Gasteiger partial charge < -0.3 is 4.74 Å². The molecule has 0 saturated carbocycles. The first-order valence-electron chi connectivity index (χ1n) is 6.37. The summed E-state index contributed by atoms with van der Waals surface area (Å²) in [6.07, 6.45) is -0.0200. The Morgan fingerprint density at radius 1 is 1.32 bits per heavy atom. The molecule has 1 fully saturated rings. The monoisotopic (exact) mass is 268 g/mol. The van der Waals surface area contributed by atoms with E-state index in [1.165, 1.54) is 12.1 Å². The van der Waals surface area contributed by atoms with Crippen LogP contribution in [0.5, 0.6) is 0 Å². The lowest BCUT2D eigenvalue weighted by molar-refractivity contribution is -0.298. The summed E-state index contributed by atoms with van der Waals surface area (Å²) < 4.78 is 18.4. The molecule has 2 unspecified atom stereocenters. The first-order valence-corrected chi connectivity index (χ1v) is 6.37. The molecule has 4 nitrogen and oxygen atoms in total. The zero-order valence-corrected chi connectivity index (χ0v) is 10.8. The summed E-state index contributed by atoms with van der Waals surface area (Å²) in [5.41, 5.74) is 0.674. The summed E-state index contributed by atoms with van der Waals surface area (Å²) in [7, 11) is 0. The molecule has 1 saturated heterocycles. The van der Waals surface area contributed by atoms with Crippen LogP contribution in [0.3, 0.4) is 0 Å². The average Bonchev–Trinajstić information content (AvgIpc) is 2.42. The summed E-state index contributed by atoms with van der Waals surface area (Å²) in [6, 6.07) is 5.80. The molecule has 0 radical (unpaired) electrons. The molecule has 5 heteroatoms. The first kappa shape index (κ1) is 14.1. The molecule has 19 heavy (non-hydrogen) atoms. The van der Waals surface area contributed by atoms with Gasteiger partial charge in [0.25, 0.3) is 0 Å². The number of halogens is 1. The summed E-state index contributed by atoms with van der Waals surface area (Å²) in [5, 5.41) is 0. The van der Waals surface area contributed by atoms with Gasteiger partial charge in [0.2, 0.25) is 0 Å². The highest BCUT2D eigenvalue weighted by Gasteiger charge is 2.33. The molecule has 2 atom stereocenters. The molecule has 1 heterocycles. The molecule has 1 aliphatic rings. The lowest BCUT2D eigenvalue weighted by Gasteiger charge is -2.28. The van der Waals surface area contributed by atoms with Crippen molar-refractivity contribution in [2.24, 2.45) is 5.92 Å². The van der Waals surface area contributed by atoms with Crippen LogP contribution in [0.1, 0.15) is 25.0 Å². The quantitative estimate of drug-likeness (QED) is 0.467. The Morgan fingerprint density at radius 3 is 2.74 bits per heavy atom. The maximum absolute atomic E-state index is 12.9. The molecule has 0 bridgehead atoms. The van der Waals surface area contributed by atoms with E-state index in [2.05, 4.69) is 0 Å². The van der Waals surface area contributed by atoms with E-state index < -0.39 is 6.10 Å². The molecule has 0 aromatic heterocycles. The standard InChI is InChI=1S/C14H17FO4/c1-2-18-19-9-11-7-8-17-14(13(11)16)10-3-5-12(15)6-4-10/h3-6,11,14H,2,7-9H2,1H3. The van der Waals surface area contributed by atoms with Crippen molar-refractivity contribution in [2.75, 3.05) is 19.8 Å². The minimum Gasteiger partial charge on any atom is -0.366 e. The summed E-state index contributed by atoms with van der Waals surface area (Å²) in [6.45, 7) is 2.97. The Labute approximate surface area is 111 Å². The van der Waals surface area contributed by atoms with Gasteiger partial charge in [-0.25, -0.2) is 14.2 Å². The largest absolute Gasteiger partial charge is 0.366 e. The molecule has 0 spiro atoms. The van der Waals surface area contributed by atoms with Crippen LogP contribution in [0, 0.1) is 11.7 Å². The fourth-order valence-corrected chi connectivity index (χ4v) is 2.04. The number of carbonyl (C=O) groups is 1. The predicted octanol–water partition coefficient (Wildman–Crippen LogP) is 2.44. The van der Waals surface area contributed by atoms with E-state index in [0.717, 1.165) is 0 Å². The summed E-state index contributed by atoms with van der Waals surface area (Å²) in [5.74, 6) is -0.615. The zero-order valence-electron chi connectivity index (χ0n) is 10.8. The van der Waals surface area contributed by atoms with Crippen molar-refractivity contribution in [1.29, 1.82) is 0 Å². The van der Waals surface area contributed by atoms with Crippen LogP contribution in [0.2, 0.25) is 0 Å². The lowest BCUT2D eigenvalue weighted by Crippen LogP contribution is -2.33. The number of benzene rings is 1. The maximum Gasteiger partial charge on any atom is 0.171 e. The second-order valence-electron chi connectivity index (χ2n) is 4.38. The van der Waals surface area contributed by atoms with Crippen LogP contribution >= 0.6 is 0 Å². The number of ether oxygens (including phenoxy) is 1. The Balaban J connectivity index is 2.01. The van der Waals surface area contributed by atoms with Crippen LogP contribution in [-0.2, 0) is 19.3 Å². The Morgan fingerprint density at radius 2 is 2.05 bits per heavy atom. The summed E-state index contributed by atoms with van der Waals surface area (Å²) >= 11 is 0. The van der Waals surface area contributed by atoms with Crippen molar-refractivity contribution in [1.82, 2.24) is 0 Å². The van der Waals surface area contributed by atoms with Crippen molar-refractivity contribution < 1.29 is 23.7 Å². The second-order valence-corrected chi connectivity index (χ2v) is 4.38. The average molecular weight is 268 g/mol. The molecule has 1 aliphatic heterocycles. The Kier molecular flexibility index (Phi) is 5.01. The molecule has 2 rings (SSSR count). The van der Waals surface area contributed by atoms with E-state index in [1.807, 2.05) is 6.92 Å². The molecule has 0 aliphatic carbocycles. The second kappa shape index (κ2) is 6.75. The number of hydrogen-bond donors (Lipinski definition) is 0. The lowest BCUT2D eigenvalue weighted by atomic mass is 9.91. The van der Waals surface area contributed by atoms with Gasteiger partial charge in [-0.3, -0.25) is 4.79 Å². The predicted molar refractivity (Wildman–Crippen MR) is 65.8 cm³/mol. The third-order valence-electron chi connectivity index (χ3n) is 3.05. The van der Waals surface area contributed by atoms with E-state index in [9.17, 15) is 9.18 Å². The highest BCUT2D eigenvalue weighted by molar-refractivity contribution is 5.87. The van der Waals surface area contributed by atoms with E-state index in [1.54, 1.807) is 12.1 Å². The zero-order chi connectivity index (χ0) is 13.7. The first-order chi connectivity index (χ1) is 9.22. The molecule has 0 N–H and O–H groups in total. The smallest absolute Gasteiger partial charge is 0.171 e.